The van der Waals surface area contributed by atoms with Gasteiger partial charge in [-0.2, -0.15) is 0 Å². The summed E-state index contributed by atoms with van der Waals surface area (Å²) >= 11 is 0. The third-order valence-electron chi connectivity index (χ3n) is 3.66. The fourth-order valence-electron chi connectivity index (χ4n) is 2.51. The number of hydrogen-bond donors (Lipinski definition) is 2. The van der Waals surface area contributed by atoms with Gasteiger partial charge >= 0.3 is 0 Å². The van der Waals surface area contributed by atoms with Crippen molar-refractivity contribution in [2.45, 2.75) is 57.1 Å². The first-order chi connectivity index (χ1) is 9.38. The van der Waals surface area contributed by atoms with E-state index in [0.29, 0.717) is 23.4 Å². The lowest BCUT2D eigenvalue weighted by molar-refractivity contribution is 0.270. The molecule has 1 fully saturated rings. The first-order valence-electron chi connectivity index (χ1n) is 7.22. The van der Waals surface area contributed by atoms with Gasteiger partial charge in [0.1, 0.15) is 0 Å². The molecular formula is C15H24N2O2S. The molecule has 1 aromatic rings. The van der Waals surface area contributed by atoms with Crippen molar-refractivity contribution in [3.8, 4) is 0 Å². The van der Waals surface area contributed by atoms with Crippen LogP contribution in [-0.4, -0.2) is 20.5 Å². The maximum absolute atomic E-state index is 12.5. The van der Waals surface area contributed by atoms with E-state index in [4.69, 9.17) is 0 Å². The fourth-order valence-corrected chi connectivity index (χ4v) is 4.01. The van der Waals surface area contributed by atoms with E-state index < -0.39 is 10.0 Å². The van der Waals surface area contributed by atoms with Gasteiger partial charge in [0, 0.05) is 18.6 Å². The van der Waals surface area contributed by atoms with Crippen LogP contribution in [0.15, 0.2) is 29.2 Å². The Labute approximate surface area is 122 Å². The lowest BCUT2D eigenvalue weighted by Gasteiger charge is -2.33. The maximum Gasteiger partial charge on any atom is 0.241 e. The quantitative estimate of drug-likeness (QED) is 0.846. The van der Waals surface area contributed by atoms with Gasteiger partial charge in [-0.25, -0.2) is 13.1 Å². The molecule has 0 radical (unpaired) electrons. The van der Waals surface area contributed by atoms with Crippen LogP contribution in [0.5, 0.6) is 0 Å². The van der Waals surface area contributed by atoms with Gasteiger partial charge in [0.25, 0.3) is 0 Å². The summed E-state index contributed by atoms with van der Waals surface area (Å²) in [4.78, 5) is 0.396. The van der Waals surface area contributed by atoms with Crippen LogP contribution in [0.25, 0.3) is 0 Å². The molecule has 0 aliphatic heterocycles. The summed E-state index contributed by atoms with van der Waals surface area (Å²) in [5, 5.41) is 3.27. The van der Waals surface area contributed by atoms with Gasteiger partial charge in [0.2, 0.25) is 10.0 Å². The van der Waals surface area contributed by atoms with Crippen LogP contribution in [0.3, 0.4) is 0 Å². The van der Waals surface area contributed by atoms with E-state index in [1.807, 2.05) is 26.0 Å². The Bertz CT molecular complexity index is 549. The Hall–Kier alpha value is -0.910. The zero-order chi connectivity index (χ0) is 14.8. The van der Waals surface area contributed by atoms with Gasteiger partial charge in [0.15, 0.2) is 0 Å². The minimum atomic E-state index is -3.41. The monoisotopic (exact) mass is 296 g/mol. The summed E-state index contributed by atoms with van der Waals surface area (Å²) in [6.07, 6.45) is 1.87. The van der Waals surface area contributed by atoms with E-state index in [9.17, 15) is 8.42 Å². The molecule has 1 aliphatic carbocycles. The van der Waals surface area contributed by atoms with Crippen molar-refractivity contribution in [2.24, 2.45) is 5.92 Å². The highest BCUT2D eigenvalue weighted by Crippen LogP contribution is 2.28. The van der Waals surface area contributed by atoms with Crippen LogP contribution in [-0.2, 0) is 16.6 Å². The molecule has 0 amide bonds. The summed E-state index contributed by atoms with van der Waals surface area (Å²) in [7, 11) is -3.41. The highest BCUT2D eigenvalue weighted by molar-refractivity contribution is 7.89. The molecule has 2 N–H and O–H groups in total. The molecule has 0 bridgehead atoms. The second-order valence-electron chi connectivity index (χ2n) is 6.04. The second-order valence-corrected chi connectivity index (χ2v) is 7.72. The minimum Gasteiger partial charge on any atom is -0.310 e. The SMILES string of the molecule is CC1CC(NS(=O)(=O)c2ccccc2CNC(C)C)C1. The Balaban J connectivity index is 2.13. The second kappa shape index (κ2) is 6.24. The van der Waals surface area contributed by atoms with Crippen LogP contribution < -0.4 is 10.0 Å². The Kier molecular flexibility index (Phi) is 4.83. The third-order valence-corrected chi connectivity index (χ3v) is 5.28. The molecule has 0 aromatic heterocycles. The van der Waals surface area contributed by atoms with Crippen molar-refractivity contribution in [1.29, 1.82) is 0 Å². The van der Waals surface area contributed by atoms with Crippen molar-refractivity contribution < 1.29 is 8.42 Å². The molecule has 2 rings (SSSR count). The van der Waals surface area contributed by atoms with Crippen molar-refractivity contribution >= 4 is 10.0 Å². The molecule has 0 unspecified atom stereocenters. The number of rotatable bonds is 6. The molecule has 1 aliphatic rings. The summed E-state index contributed by atoms with van der Waals surface area (Å²) in [5.41, 5.74) is 0.820. The Morgan fingerprint density at radius 2 is 1.90 bits per heavy atom. The standard InChI is InChI=1S/C15H24N2O2S/c1-11(2)16-10-13-6-4-5-7-15(13)20(18,19)17-14-8-12(3)9-14/h4-7,11-12,14,16-17H,8-10H2,1-3H3. The lowest BCUT2D eigenvalue weighted by Crippen LogP contribution is -2.43. The number of benzene rings is 1. The van der Waals surface area contributed by atoms with E-state index in [2.05, 4.69) is 17.0 Å². The molecule has 0 atom stereocenters. The topological polar surface area (TPSA) is 58.2 Å². The van der Waals surface area contributed by atoms with Crippen molar-refractivity contribution in [1.82, 2.24) is 10.0 Å². The van der Waals surface area contributed by atoms with Gasteiger partial charge in [-0.05, 0) is 30.4 Å². The normalized spacial score (nSPS) is 22.8. The van der Waals surface area contributed by atoms with Gasteiger partial charge < -0.3 is 5.32 Å². The predicted molar refractivity (Wildman–Crippen MR) is 80.9 cm³/mol. The highest BCUT2D eigenvalue weighted by atomic mass is 32.2. The predicted octanol–water partition coefficient (Wildman–Crippen LogP) is 2.26. The van der Waals surface area contributed by atoms with Crippen molar-refractivity contribution in [2.75, 3.05) is 0 Å². The molecule has 20 heavy (non-hydrogen) atoms. The number of sulfonamides is 1. The smallest absolute Gasteiger partial charge is 0.241 e. The molecule has 112 valence electrons. The molecular weight excluding hydrogens is 272 g/mol. The van der Waals surface area contributed by atoms with Crippen LogP contribution in [0.1, 0.15) is 39.2 Å². The van der Waals surface area contributed by atoms with Gasteiger partial charge in [-0.15, -0.1) is 0 Å². The van der Waals surface area contributed by atoms with Crippen LogP contribution in [0.2, 0.25) is 0 Å². The van der Waals surface area contributed by atoms with Crippen molar-refractivity contribution in [3.63, 3.8) is 0 Å². The molecule has 0 heterocycles. The third kappa shape index (κ3) is 3.81. The van der Waals surface area contributed by atoms with E-state index >= 15 is 0 Å². The molecule has 0 saturated heterocycles. The van der Waals surface area contributed by atoms with Crippen LogP contribution in [0.4, 0.5) is 0 Å². The van der Waals surface area contributed by atoms with Crippen molar-refractivity contribution in [3.05, 3.63) is 29.8 Å². The zero-order valence-electron chi connectivity index (χ0n) is 12.4. The Morgan fingerprint density at radius 3 is 2.50 bits per heavy atom. The van der Waals surface area contributed by atoms with Gasteiger partial charge in [-0.3, -0.25) is 0 Å². The summed E-state index contributed by atoms with van der Waals surface area (Å²) in [6, 6.07) is 7.63. The van der Waals surface area contributed by atoms with E-state index in [1.54, 1.807) is 12.1 Å². The average Bonchev–Trinajstić information content (AvgIpc) is 2.34. The maximum atomic E-state index is 12.5. The molecule has 5 heteroatoms. The average molecular weight is 296 g/mol. The molecule has 4 nitrogen and oxygen atoms in total. The Morgan fingerprint density at radius 1 is 1.25 bits per heavy atom. The van der Waals surface area contributed by atoms with Gasteiger partial charge in [-0.1, -0.05) is 39.0 Å². The summed E-state index contributed by atoms with van der Waals surface area (Å²) in [5.74, 6) is 0.626. The fraction of sp³-hybridized carbons (Fsp3) is 0.600. The lowest BCUT2D eigenvalue weighted by atomic mass is 9.83. The first kappa shape index (κ1) is 15.5. The largest absolute Gasteiger partial charge is 0.310 e. The summed E-state index contributed by atoms with van der Waals surface area (Å²) < 4.78 is 27.7. The van der Waals surface area contributed by atoms with E-state index in [0.717, 1.165) is 18.4 Å². The molecule has 1 saturated carbocycles. The van der Waals surface area contributed by atoms with Crippen LogP contribution in [0, 0.1) is 5.92 Å². The highest BCUT2D eigenvalue weighted by Gasteiger charge is 2.30. The van der Waals surface area contributed by atoms with Crippen LogP contribution >= 0.6 is 0 Å². The molecule has 0 spiro atoms. The van der Waals surface area contributed by atoms with Gasteiger partial charge in [0.05, 0.1) is 4.90 Å². The first-order valence-corrected chi connectivity index (χ1v) is 8.70. The minimum absolute atomic E-state index is 0.0983. The van der Waals surface area contributed by atoms with E-state index in [-0.39, 0.29) is 6.04 Å². The zero-order valence-corrected chi connectivity index (χ0v) is 13.2. The van der Waals surface area contributed by atoms with E-state index in [1.165, 1.54) is 0 Å². The summed E-state index contributed by atoms with van der Waals surface area (Å²) in [6.45, 7) is 6.80. The number of nitrogens with one attached hydrogen (secondary N) is 2. The number of hydrogen-bond acceptors (Lipinski definition) is 3. The molecule has 1 aromatic carbocycles.